The van der Waals surface area contributed by atoms with Crippen molar-refractivity contribution in [3.8, 4) is 22.9 Å². The Kier molecular flexibility index (Phi) is 6.63. The Morgan fingerprint density at radius 2 is 1.88 bits per heavy atom. The molecule has 3 aromatic rings. The number of nitrogens with zero attached hydrogens (tertiary/aromatic N) is 3. The first-order chi connectivity index (χ1) is 16.6. The van der Waals surface area contributed by atoms with Gasteiger partial charge in [-0.1, -0.05) is 36.8 Å². The second-order valence-corrected chi connectivity index (χ2v) is 9.16. The van der Waals surface area contributed by atoms with Crippen LogP contribution < -0.4 is 4.74 Å². The van der Waals surface area contributed by atoms with Crippen molar-refractivity contribution in [3.63, 3.8) is 0 Å². The molecule has 2 aliphatic rings. The summed E-state index contributed by atoms with van der Waals surface area (Å²) in [7, 11) is 1.83. The fourth-order valence-electron chi connectivity index (χ4n) is 4.64. The zero-order valence-electron chi connectivity index (χ0n) is 19.5. The van der Waals surface area contributed by atoms with E-state index in [4.69, 9.17) is 14.6 Å². The van der Waals surface area contributed by atoms with Crippen molar-refractivity contribution in [2.24, 2.45) is 13.0 Å². The summed E-state index contributed by atoms with van der Waals surface area (Å²) in [6.45, 7) is 1.69. The van der Waals surface area contributed by atoms with Crippen LogP contribution in [0.25, 0.3) is 11.3 Å². The number of hydrogen-bond acceptors (Lipinski definition) is 4. The molecule has 1 unspecified atom stereocenters. The van der Waals surface area contributed by atoms with Gasteiger partial charge in [-0.05, 0) is 49.9 Å². The number of carbonyl (C=O) groups is 1. The van der Waals surface area contributed by atoms with Gasteiger partial charge in [-0.3, -0.25) is 4.79 Å². The summed E-state index contributed by atoms with van der Waals surface area (Å²) in [6, 6.07) is 15.8. The quantitative estimate of drug-likeness (QED) is 0.453. The van der Waals surface area contributed by atoms with E-state index in [2.05, 4.69) is 0 Å². The highest BCUT2D eigenvalue weighted by molar-refractivity contribution is 5.80. The number of aromatic nitrogens is 2. The number of amides is 1. The molecule has 5 rings (SSSR count). The lowest BCUT2D eigenvalue weighted by molar-refractivity contribution is -0.140. The molecule has 2 aromatic carbocycles. The van der Waals surface area contributed by atoms with Crippen LogP contribution in [0.2, 0.25) is 0 Å². The molecule has 0 bridgehead atoms. The van der Waals surface area contributed by atoms with E-state index in [-0.39, 0.29) is 23.7 Å². The summed E-state index contributed by atoms with van der Waals surface area (Å²) in [5, 5.41) is 4.77. The minimum Gasteiger partial charge on any atom is -0.439 e. The molecule has 1 saturated heterocycles. The van der Waals surface area contributed by atoms with E-state index < -0.39 is 0 Å². The van der Waals surface area contributed by atoms with Crippen LogP contribution in [-0.2, 0) is 23.1 Å². The van der Waals surface area contributed by atoms with Gasteiger partial charge in [0.25, 0.3) is 0 Å². The van der Waals surface area contributed by atoms with Crippen molar-refractivity contribution >= 4 is 5.91 Å². The Balaban J connectivity index is 1.51. The molecule has 2 heterocycles. The zero-order chi connectivity index (χ0) is 23.5. The Hall–Kier alpha value is -3.19. The lowest BCUT2D eigenvalue weighted by Crippen LogP contribution is -2.42. The Labute approximate surface area is 199 Å². The summed E-state index contributed by atoms with van der Waals surface area (Å²) in [5.41, 5.74) is 2.57. The van der Waals surface area contributed by atoms with Crippen LogP contribution in [0.15, 0.2) is 54.6 Å². The van der Waals surface area contributed by atoms with Gasteiger partial charge >= 0.3 is 0 Å². The van der Waals surface area contributed by atoms with Crippen LogP contribution in [0.4, 0.5) is 4.39 Å². The van der Waals surface area contributed by atoms with Crippen molar-refractivity contribution in [2.45, 2.75) is 44.8 Å². The maximum absolute atomic E-state index is 13.4. The third-order valence-corrected chi connectivity index (χ3v) is 6.73. The van der Waals surface area contributed by atoms with E-state index in [0.29, 0.717) is 24.7 Å². The van der Waals surface area contributed by atoms with Crippen LogP contribution in [0.1, 0.15) is 37.7 Å². The average Bonchev–Trinajstić information content (AvgIpc) is 3.43. The molecular weight excluding hydrogens is 433 g/mol. The molecule has 7 heteroatoms. The van der Waals surface area contributed by atoms with E-state index in [1.807, 2.05) is 42.3 Å². The lowest BCUT2D eigenvalue weighted by atomic mass is 9.84. The van der Waals surface area contributed by atoms with Crippen molar-refractivity contribution in [1.82, 2.24) is 14.7 Å². The minimum absolute atomic E-state index is 0.0577. The van der Waals surface area contributed by atoms with Gasteiger partial charge in [0.15, 0.2) is 0 Å². The molecule has 1 saturated carbocycles. The molecule has 1 aromatic heterocycles. The molecule has 6 nitrogen and oxygen atoms in total. The summed E-state index contributed by atoms with van der Waals surface area (Å²) in [4.78, 5) is 15.4. The van der Waals surface area contributed by atoms with Crippen LogP contribution in [-0.4, -0.2) is 39.8 Å². The molecular formula is C27H30FN3O3. The van der Waals surface area contributed by atoms with Crippen molar-refractivity contribution in [2.75, 3.05) is 13.2 Å². The molecule has 1 aliphatic heterocycles. The van der Waals surface area contributed by atoms with Crippen LogP contribution in [0, 0.1) is 11.7 Å². The number of carbonyl (C=O) groups excluding carboxylic acids is 1. The van der Waals surface area contributed by atoms with Gasteiger partial charge in [0, 0.05) is 31.7 Å². The molecule has 0 radical (unpaired) electrons. The molecule has 178 valence electrons. The second-order valence-electron chi connectivity index (χ2n) is 9.16. The first kappa shape index (κ1) is 22.6. The SMILES string of the molecule is Cn1nc(-c2ccccc2)c(CN(CC2CCCO2)C(=O)C2CCC2)c1Oc1ccc(F)cc1. The summed E-state index contributed by atoms with van der Waals surface area (Å²) >= 11 is 0. The minimum atomic E-state index is -0.323. The highest BCUT2D eigenvalue weighted by atomic mass is 19.1. The normalized spacial score (nSPS) is 18.0. The van der Waals surface area contributed by atoms with Gasteiger partial charge in [0.1, 0.15) is 17.3 Å². The number of halogens is 1. The Morgan fingerprint density at radius 1 is 1.12 bits per heavy atom. The lowest BCUT2D eigenvalue weighted by Gasteiger charge is -2.33. The van der Waals surface area contributed by atoms with Gasteiger partial charge in [-0.25, -0.2) is 9.07 Å². The van der Waals surface area contributed by atoms with Crippen molar-refractivity contribution in [3.05, 3.63) is 66.0 Å². The largest absolute Gasteiger partial charge is 0.439 e. The number of rotatable bonds is 8. The Morgan fingerprint density at radius 3 is 2.53 bits per heavy atom. The third-order valence-electron chi connectivity index (χ3n) is 6.73. The van der Waals surface area contributed by atoms with Crippen molar-refractivity contribution in [1.29, 1.82) is 0 Å². The predicted octanol–water partition coefficient (Wildman–Crippen LogP) is 5.33. The molecule has 1 atom stereocenters. The van der Waals surface area contributed by atoms with Crippen LogP contribution in [0.5, 0.6) is 11.6 Å². The van der Waals surface area contributed by atoms with Gasteiger partial charge in [-0.2, -0.15) is 5.10 Å². The monoisotopic (exact) mass is 463 g/mol. The highest BCUT2D eigenvalue weighted by Gasteiger charge is 2.33. The molecule has 2 fully saturated rings. The van der Waals surface area contributed by atoms with Gasteiger partial charge in [0.05, 0.1) is 18.2 Å². The van der Waals surface area contributed by atoms with E-state index in [1.54, 1.807) is 16.8 Å². The molecule has 0 spiro atoms. The maximum Gasteiger partial charge on any atom is 0.226 e. The van der Waals surface area contributed by atoms with E-state index in [9.17, 15) is 9.18 Å². The fraction of sp³-hybridized carbons (Fsp3) is 0.407. The summed E-state index contributed by atoms with van der Waals surface area (Å²) in [5.74, 6) is 0.999. The topological polar surface area (TPSA) is 56.6 Å². The number of benzene rings is 2. The average molecular weight is 464 g/mol. The van der Waals surface area contributed by atoms with E-state index in [1.165, 1.54) is 12.1 Å². The molecule has 1 aliphatic carbocycles. The number of hydrogen-bond donors (Lipinski definition) is 0. The predicted molar refractivity (Wildman–Crippen MR) is 127 cm³/mol. The standard InChI is InChI=1S/C27H30FN3O3/c1-30-27(34-22-14-12-21(28)13-15-22)24(25(29-30)19-7-3-2-4-8-19)18-31(17-23-11-6-16-33-23)26(32)20-9-5-10-20/h2-4,7-8,12-15,20,23H,5-6,9-11,16-18H2,1H3. The zero-order valence-corrected chi connectivity index (χ0v) is 19.5. The second kappa shape index (κ2) is 9.97. The van der Waals surface area contributed by atoms with E-state index >= 15 is 0 Å². The number of ether oxygens (including phenoxy) is 2. The summed E-state index contributed by atoms with van der Waals surface area (Å²) < 4.78 is 27.2. The maximum atomic E-state index is 13.4. The Bertz CT molecular complexity index is 1120. The van der Waals surface area contributed by atoms with Crippen molar-refractivity contribution < 1.29 is 18.7 Å². The van der Waals surface area contributed by atoms with Crippen LogP contribution >= 0.6 is 0 Å². The molecule has 0 N–H and O–H groups in total. The first-order valence-corrected chi connectivity index (χ1v) is 12.0. The molecule has 1 amide bonds. The highest BCUT2D eigenvalue weighted by Crippen LogP contribution is 2.36. The number of aryl methyl sites for hydroxylation is 1. The van der Waals surface area contributed by atoms with Gasteiger partial charge < -0.3 is 14.4 Å². The summed E-state index contributed by atoms with van der Waals surface area (Å²) in [6.07, 6.45) is 5.04. The third kappa shape index (κ3) is 4.85. The van der Waals surface area contributed by atoms with E-state index in [0.717, 1.165) is 55.5 Å². The smallest absolute Gasteiger partial charge is 0.226 e. The van der Waals surface area contributed by atoms with Gasteiger partial charge in [0.2, 0.25) is 11.8 Å². The van der Waals surface area contributed by atoms with Crippen LogP contribution in [0.3, 0.4) is 0 Å². The molecule has 34 heavy (non-hydrogen) atoms. The fourth-order valence-corrected chi connectivity index (χ4v) is 4.64. The first-order valence-electron chi connectivity index (χ1n) is 12.0. The van der Waals surface area contributed by atoms with Gasteiger partial charge in [-0.15, -0.1) is 0 Å².